The predicted octanol–water partition coefficient (Wildman–Crippen LogP) is 3.71. The summed E-state index contributed by atoms with van der Waals surface area (Å²) in [6.45, 7) is 3.63. The van der Waals surface area contributed by atoms with Crippen molar-refractivity contribution in [2.75, 3.05) is 20.2 Å². The highest BCUT2D eigenvalue weighted by Gasteiger charge is 2.29. The summed E-state index contributed by atoms with van der Waals surface area (Å²) in [6.07, 6.45) is 1.12. The Kier molecular flexibility index (Phi) is 5.03. The fourth-order valence-corrected chi connectivity index (χ4v) is 3.58. The van der Waals surface area contributed by atoms with Crippen LogP contribution in [-0.2, 0) is 4.74 Å². The monoisotopic (exact) mass is 389 g/mol. The van der Waals surface area contributed by atoms with Gasteiger partial charge in [-0.05, 0) is 46.5 Å². The number of nitrogens with zero attached hydrogens (tertiary/aromatic N) is 1. The summed E-state index contributed by atoms with van der Waals surface area (Å²) >= 11 is 6.84. The van der Waals surface area contributed by atoms with Gasteiger partial charge >= 0.3 is 0 Å². The van der Waals surface area contributed by atoms with E-state index in [0.717, 1.165) is 21.9 Å². The van der Waals surface area contributed by atoms with Crippen molar-refractivity contribution in [1.82, 2.24) is 4.90 Å². The molecule has 1 aromatic rings. The van der Waals surface area contributed by atoms with Crippen molar-refractivity contribution in [3.05, 3.63) is 32.7 Å². The van der Waals surface area contributed by atoms with E-state index in [4.69, 9.17) is 4.74 Å². The lowest BCUT2D eigenvalue weighted by atomic mass is 9.95. The molecular weight excluding hydrogens is 374 g/mol. The summed E-state index contributed by atoms with van der Waals surface area (Å²) in [5, 5.41) is 0. The van der Waals surface area contributed by atoms with Crippen LogP contribution in [0.1, 0.15) is 23.7 Å². The molecule has 2 atom stereocenters. The molecule has 1 aromatic carbocycles. The van der Waals surface area contributed by atoms with Crippen molar-refractivity contribution in [2.45, 2.75) is 19.4 Å². The highest BCUT2D eigenvalue weighted by Crippen LogP contribution is 2.26. The zero-order valence-electron chi connectivity index (χ0n) is 11.0. The van der Waals surface area contributed by atoms with Gasteiger partial charge in [0.05, 0.1) is 11.7 Å². The Bertz CT molecular complexity index is 479. The molecule has 2 rings (SSSR count). The Morgan fingerprint density at radius 1 is 1.42 bits per heavy atom. The van der Waals surface area contributed by atoms with E-state index in [2.05, 4.69) is 38.8 Å². The molecule has 0 spiro atoms. The number of carbonyl (C=O) groups is 1. The highest BCUT2D eigenvalue weighted by atomic mass is 79.9. The molecule has 0 N–H and O–H groups in total. The van der Waals surface area contributed by atoms with Crippen LogP contribution in [0.2, 0.25) is 0 Å². The summed E-state index contributed by atoms with van der Waals surface area (Å²) in [5.41, 5.74) is 0.701. The van der Waals surface area contributed by atoms with Gasteiger partial charge in [-0.25, -0.2) is 0 Å². The van der Waals surface area contributed by atoms with E-state index >= 15 is 0 Å². The largest absolute Gasteiger partial charge is 0.379 e. The standard InChI is InChI=1S/C14H17Br2NO2/c1-9-5-6-17(8-13(9)19-2)14(18)11-4-3-10(15)7-12(11)16/h3-4,7,9,13H,5-6,8H2,1-2H3. The third-order valence-electron chi connectivity index (χ3n) is 3.64. The quantitative estimate of drug-likeness (QED) is 0.770. The lowest BCUT2D eigenvalue weighted by Crippen LogP contribution is -2.46. The second-order valence-electron chi connectivity index (χ2n) is 4.92. The molecule has 1 heterocycles. The molecule has 1 saturated heterocycles. The van der Waals surface area contributed by atoms with Crippen LogP contribution in [0, 0.1) is 5.92 Å². The summed E-state index contributed by atoms with van der Waals surface area (Å²) in [4.78, 5) is 14.4. The first kappa shape index (κ1) is 15.0. The van der Waals surface area contributed by atoms with E-state index in [1.807, 2.05) is 23.1 Å². The zero-order valence-corrected chi connectivity index (χ0v) is 14.2. The normalized spacial score (nSPS) is 23.5. The first-order valence-corrected chi connectivity index (χ1v) is 7.88. The van der Waals surface area contributed by atoms with Gasteiger partial charge in [-0.3, -0.25) is 4.79 Å². The number of carbonyl (C=O) groups excluding carboxylic acids is 1. The fourth-order valence-electron chi connectivity index (χ4n) is 2.36. The maximum Gasteiger partial charge on any atom is 0.255 e. The first-order chi connectivity index (χ1) is 9.02. The SMILES string of the molecule is COC1CN(C(=O)c2ccc(Br)cc2Br)CCC1C. The average Bonchev–Trinajstić information content (AvgIpc) is 2.38. The van der Waals surface area contributed by atoms with Crippen LogP contribution in [0.3, 0.4) is 0 Å². The first-order valence-electron chi connectivity index (χ1n) is 6.30. The number of hydrogen-bond acceptors (Lipinski definition) is 2. The van der Waals surface area contributed by atoms with Gasteiger partial charge in [0.1, 0.15) is 0 Å². The van der Waals surface area contributed by atoms with Gasteiger partial charge in [0.2, 0.25) is 0 Å². The number of ether oxygens (including phenoxy) is 1. The molecule has 1 fully saturated rings. The number of benzene rings is 1. The summed E-state index contributed by atoms with van der Waals surface area (Å²) in [5.74, 6) is 0.565. The molecule has 0 radical (unpaired) electrons. The summed E-state index contributed by atoms with van der Waals surface area (Å²) in [6, 6.07) is 5.63. The maximum atomic E-state index is 12.5. The minimum Gasteiger partial charge on any atom is -0.379 e. The molecule has 1 aliphatic rings. The minimum absolute atomic E-state index is 0.0633. The Morgan fingerprint density at radius 3 is 2.79 bits per heavy atom. The van der Waals surface area contributed by atoms with Crippen LogP contribution < -0.4 is 0 Å². The Morgan fingerprint density at radius 2 is 2.16 bits per heavy atom. The van der Waals surface area contributed by atoms with Crippen molar-refractivity contribution in [1.29, 1.82) is 0 Å². The Balaban J connectivity index is 2.15. The van der Waals surface area contributed by atoms with Crippen LogP contribution in [0.25, 0.3) is 0 Å². The van der Waals surface area contributed by atoms with E-state index in [1.165, 1.54) is 0 Å². The van der Waals surface area contributed by atoms with E-state index in [0.29, 0.717) is 18.0 Å². The molecule has 0 aromatic heterocycles. The van der Waals surface area contributed by atoms with Crippen LogP contribution in [0.4, 0.5) is 0 Å². The van der Waals surface area contributed by atoms with Gasteiger partial charge < -0.3 is 9.64 Å². The zero-order chi connectivity index (χ0) is 14.0. The Hall–Kier alpha value is -0.390. The van der Waals surface area contributed by atoms with Crippen molar-refractivity contribution in [3.8, 4) is 0 Å². The number of halogens is 2. The molecule has 2 unspecified atom stereocenters. The van der Waals surface area contributed by atoms with E-state index in [1.54, 1.807) is 7.11 Å². The number of hydrogen-bond donors (Lipinski definition) is 0. The molecule has 3 nitrogen and oxygen atoms in total. The number of rotatable bonds is 2. The molecule has 0 aliphatic carbocycles. The van der Waals surface area contributed by atoms with Crippen LogP contribution >= 0.6 is 31.9 Å². The maximum absolute atomic E-state index is 12.5. The van der Waals surface area contributed by atoms with E-state index in [-0.39, 0.29) is 12.0 Å². The van der Waals surface area contributed by atoms with Crippen molar-refractivity contribution < 1.29 is 9.53 Å². The van der Waals surface area contributed by atoms with Gasteiger partial charge in [-0.1, -0.05) is 22.9 Å². The number of piperidine rings is 1. The molecule has 19 heavy (non-hydrogen) atoms. The number of amides is 1. The van der Waals surface area contributed by atoms with Crippen LogP contribution in [0.15, 0.2) is 27.1 Å². The van der Waals surface area contributed by atoms with Gasteiger partial charge in [-0.15, -0.1) is 0 Å². The average molecular weight is 391 g/mol. The third kappa shape index (κ3) is 3.38. The molecule has 1 aliphatic heterocycles. The summed E-state index contributed by atoms with van der Waals surface area (Å²) in [7, 11) is 1.71. The van der Waals surface area contributed by atoms with E-state index < -0.39 is 0 Å². The molecule has 1 amide bonds. The van der Waals surface area contributed by atoms with Gasteiger partial charge in [-0.2, -0.15) is 0 Å². The topological polar surface area (TPSA) is 29.5 Å². The predicted molar refractivity (Wildman–Crippen MR) is 82.3 cm³/mol. The van der Waals surface area contributed by atoms with Crippen LogP contribution in [0.5, 0.6) is 0 Å². The highest BCUT2D eigenvalue weighted by molar-refractivity contribution is 9.11. The number of likely N-dealkylation sites (tertiary alicyclic amines) is 1. The van der Waals surface area contributed by atoms with Crippen molar-refractivity contribution >= 4 is 37.8 Å². The van der Waals surface area contributed by atoms with Crippen molar-refractivity contribution in [2.24, 2.45) is 5.92 Å². The Labute approximate surface area is 130 Å². The molecule has 0 bridgehead atoms. The molecule has 5 heteroatoms. The summed E-state index contributed by atoms with van der Waals surface area (Å²) < 4.78 is 7.23. The van der Waals surface area contributed by atoms with Crippen molar-refractivity contribution in [3.63, 3.8) is 0 Å². The van der Waals surface area contributed by atoms with Crippen LogP contribution in [-0.4, -0.2) is 37.1 Å². The lowest BCUT2D eigenvalue weighted by molar-refractivity contribution is -0.00159. The number of methoxy groups -OCH3 is 1. The lowest BCUT2D eigenvalue weighted by Gasteiger charge is -2.36. The second-order valence-corrected chi connectivity index (χ2v) is 6.69. The van der Waals surface area contributed by atoms with Gasteiger partial charge in [0.25, 0.3) is 5.91 Å². The van der Waals surface area contributed by atoms with E-state index in [9.17, 15) is 4.79 Å². The van der Waals surface area contributed by atoms with Gasteiger partial charge in [0, 0.05) is 29.1 Å². The third-order valence-corrected chi connectivity index (χ3v) is 4.79. The fraction of sp³-hybridized carbons (Fsp3) is 0.500. The molecule has 104 valence electrons. The second kappa shape index (κ2) is 6.37. The minimum atomic E-state index is 0.0633. The van der Waals surface area contributed by atoms with Gasteiger partial charge in [0.15, 0.2) is 0 Å². The molecule has 0 saturated carbocycles. The molecular formula is C14H17Br2NO2. The smallest absolute Gasteiger partial charge is 0.255 e.